The van der Waals surface area contributed by atoms with E-state index < -0.39 is 5.54 Å². The molecule has 112 valence electrons. The fraction of sp³-hybridized carbons (Fsp3) is 0.929. The normalized spacial score (nSPS) is 29.1. The molecule has 0 heterocycles. The topological polar surface area (TPSA) is 75.3 Å². The molecule has 0 aliphatic heterocycles. The van der Waals surface area contributed by atoms with Crippen LogP contribution in [0.1, 0.15) is 52.4 Å². The first-order chi connectivity index (χ1) is 9.04. The Morgan fingerprint density at radius 1 is 1.63 bits per heavy atom. The Hall–Kier alpha value is -0.260. The summed E-state index contributed by atoms with van der Waals surface area (Å²) in [5.41, 5.74) is 5.13. The predicted molar refractivity (Wildman–Crippen MR) is 81.2 cm³/mol. The van der Waals surface area contributed by atoms with Crippen molar-refractivity contribution in [2.45, 2.75) is 68.4 Å². The maximum atomic E-state index is 11.8. The number of nitrogens with one attached hydrogen (secondary N) is 1. The van der Waals surface area contributed by atoms with Crippen molar-refractivity contribution in [2.75, 3.05) is 13.2 Å². The Morgan fingerprint density at radius 3 is 2.95 bits per heavy atom. The molecule has 4 N–H and O–H groups in total. The highest BCUT2D eigenvalue weighted by Crippen LogP contribution is 2.37. The minimum atomic E-state index is -0.509. The molecule has 19 heavy (non-hydrogen) atoms. The second-order valence-corrected chi connectivity index (χ2v) is 7.29. The first kappa shape index (κ1) is 16.8. The van der Waals surface area contributed by atoms with Crippen LogP contribution in [0.3, 0.4) is 0 Å². The number of thioether (sulfide) groups is 1. The molecule has 1 saturated carbocycles. The van der Waals surface area contributed by atoms with E-state index in [1.54, 1.807) is 0 Å². The van der Waals surface area contributed by atoms with Gasteiger partial charge in [0.2, 0.25) is 5.91 Å². The highest BCUT2D eigenvalue weighted by Gasteiger charge is 2.41. The van der Waals surface area contributed by atoms with Crippen molar-refractivity contribution in [3.63, 3.8) is 0 Å². The van der Waals surface area contributed by atoms with Gasteiger partial charge in [0.05, 0.1) is 5.54 Å². The van der Waals surface area contributed by atoms with Crippen LogP contribution in [0.2, 0.25) is 0 Å². The highest BCUT2D eigenvalue weighted by molar-refractivity contribution is 8.00. The molecule has 0 aromatic rings. The van der Waals surface area contributed by atoms with Crippen molar-refractivity contribution in [3.8, 4) is 0 Å². The Kier molecular flexibility index (Phi) is 7.18. The summed E-state index contributed by atoms with van der Waals surface area (Å²) in [4.78, 5) is 11.8. The number of nitrogens with two attached hydrogens (primary N) is 1. The van der Waals surface area contributed by atoms with E-state index in [1.807, 2.05) is 11.8 Å². The van der Waals surface area contributed by atoms with Crippen molar-refractivity contribution < 1.29 is 9.90 Å². The monoisotopic (exact) mass is 288 g/mol. The fourth-order valence-corrected chi connectivity index (χ4v) is 4.34. The Balaban J connectivity index is 2.60. The van der Waals surface area contributed by atoms with E-state index in [0.717, 1.165) is 45.1 Å². The maximum absolute atomic E-state index is 11.8. The molecule has 1 aliphatic carbocycles. The standard InChI is InChI=1S/C14H28N2O2S/c1-3-8-16-14(13(15)18)7-4-5-12(10-14)19-11(2)6-9-17/h11-12,16-17H,3-10H2,1-2H3,(H2,15,18). The van der Waals surface area contributed by atoms with E-state index in [4.69, 9.17) is 10.8 Å². The van der Waals surface area contributed by atoms with Gasteiger partial charge >= 0.3 is 0 Å². The molecule has 0 radical (unpaired) electrons. The van der Waals surface area contributed by atoms with Gasteiger partial charge in [-0.05, 0) is 45.1 Å². The molecule has 0 spiro atoms. The highest BCUT2D eigenvalue weighted by atomic mass is 32.2. The molecule has 0 aromatic carbocycles. The summed E-state index contributed by atoms with van der Waals surface area (Å²) in [5.74, 6) is -0.207. The van der Waals surface area contributed by atoms with Gasteiger partial charge in [-0.1, -0.05) is 13.8 Å². The zero-order valence-electron chi connectivity index (χ0n) is 12.2. The van der Waals surface area contributed by atoms with Crippen LogP contribution in [0, 0.1) is 0 Å². The van der Waals surface area contributed by atoms with Gasteiger partial charge in [0.15, 0.2) is 0 Å². The Morgan fingerprint density at radius 2 is 2.37 bits per heavy atom. The maximum Gasteiger partial charge on any atom is 0.237 e. The zero-order valence-corrected chi connectivity index (χ0v) is 13.0. The predicted octanol–water partition coefficient (Wildman–Crippen LogP) is 1.66. The van der Waals surface area contributed by atoms with Crippen molar-refractivity contribution in [3.05, 3.63) is 0 Å². The summed E-state index contributed by atoms with van der Waals surface area (Å²) in [6, 6.07) is 0. The van der Waals surface area contributed by atoms with Crippen molar-refractivity contribution in [1.82, 2.24) is 5.32 Å². The summed E-state index contributed by atoms with van der Waals surface area (Å²) in [7, 11) is 0. The first-order valence-electron chi connectivity index (χ1n) is 7.35. The van der Waals surface area contributed by atoms with E-state index in [1.165, 1.54) is 0 Å². The van der Waals surface area contributed by atoms with Gasteiger partial charge in [-0.15, -0.1) is 0 Å². The first-order valence-corrected chi connectivity index (χ1v) is 8.29. The Labute approximate surface area is 120 Å². The molecule has 3 unspecified atom stereocenters. The average Bonchev–Trinajstić information content (AvgIpc) is 2.36. The number of aliphatic hydroxyl groups excluding tert-OH is 1. The van der Waals surface area contributed by atoms with Gasteiger partial charge < -0.3 is 16.2 Å². The lowest BCUT2D eigenvalue weighted by Crippen LogP contribution is -2.58. The smallest absolute Gasteiger partial charge is 0.237 e. The quantitative estimate of drug-likeness (QED) is 0.635. The third-order valence-electron chi connectivity index (χ3n) is 3.85. The third-order valence-corrected chi connectivity index (χ3v) is 5.34. The molecule has 5 heteroatoms. The van der Waals surface area contributed by atoms with E-state index in [-0.39, 0.29) is 12.5 Å². The van der Waals surface area contributed by atoms with Crippen LogP contribution in [-0.2, 0) is 4.79 Å². The molecular formula is C14H28N2O2S. The number of hydrogen-bond donors (Lipinski definition) is 3. The van der Waals surface area contributed by atoms with Crippen molar-refractivity contribution in [2.24, 2.45) is 5.73 Å². The number of carbonyl (C=O) groups is 1. The molecule has 4 nitrogen and oxygen atoms in total. The SMILES string of the molecule is CCCNC1(C(N)=O)CCCC(SC(C)CCO)C1. The van der Waals surface area contributed by atoms with Crippen LogP contribution < -0.4 is 11.1 Å². The van der Waals surface area contributed by atoms with Gasteiger partial charge in [-0.25, -0.2) is 0 Å². The van der Waals surface area contributed by atoms with Gasteiger partial charge in [0, 0.05) is 17.1 Å². The van der Waals surface area contributed by atoms with E-state index in [2.05, 4.69) is 19.2 Å². The van der Waals surface area contributed by atoms with Crippen LogP contribution in [0.15, 0.2) is 0 Å². The average molecular weight is 288 g/mol. The van der Waals surface area contributed by atoms with Gasteiger partial charge in [0.1, 0.15) is 0 Å². The fourth-order valence-electron chi connectivity index (χ4n) is 2.75. The second kappa shape index (κ2) is 8.12. The molecule has 1 rings (SSSR count). The van der Waals surface area contributed by atoms with E-state index >= 15 is 0 Å². The zero-order chi connectivity index (χ0) is 14.3. The van der Waals surface area contributed by atoms with Gasteiger partial charge in [-0.3, -0.25) is 4.79 Å². The number of aliphatic hydroxyl groups is 1. The summed E-state index contributed by atoms with van der Waals surface area (Å²) >= 11 is 1.89. The number of rotatable bonds is 8. The van der Waals surface area contributed by atoms with Crippen LogP contribution >= 0.6 is 11.8 Å². The summed E-state index contributed by atoms with van der Waals surface area (Å²) in [5, 5.41) is 13.3. The molecule has 1 amide bonds. The van der Waals surface area contributed by atoms with Crippen LogP contribution in [0.5, 0.6) is 0 Å². The molecular weight excluding hydrogens is 260 g/mol. The number of hydrogen-bond acceptors (Lipinski definition) is 4. The molecule has 1 fully saturated rings. The summed E-state index contributed by atoms with van der Waals surface area (Å²) < 4.78 is 0. The van der Waals surface area contributed by atoms with Crippen molar-refractivity contribution in [1.29, 1.82) is 0 Å². The third kappa shape index (κ3) is 4.97. The lowest BCUT2D eigenvalue weighted by atomic mass is 9.80. The lowest BCUT2D eigenvalue weighted by Gasteiger charge is -2.39. The van der Waals surface area contributed by atoms with E-state index in [0.29, 0.717) is 10.5 Å². The van der Waals surface area contributed by atoms with Crippen LogP contribution in [0.4, 0.5) is 0 Å². The molecule has 1 aliphatic rings. The second-order valence-electron chi connectivity index (χ2n) is 5.55. The minimum Gasteiger partial charge on any atom is -0.396 e. The molecule has 0 aromatic heterocycles. The van der Waals surface area contributed by atoms with E-state index in [9.17, 15) is 4.79 Å². The van der Waals surface area contributed by atoms with Crippen LogP contribution in [-0.4, -0.2) is 40.2 Å². The number of amides is 1. The van der Waals surface area contributed by atoms with Gasteiger partial charge in [0.25, 0.3) is 0 Å². The molecule has 3 atom stereocenters. The van der Waals surface area contributed by atoms with Crippen LogP contribution in [0.25, 0.3) is 0 Å². The molecule has 0 saturated heterocycles. The Bertz CT molecular complexity index is 289. The van der Waals surface area contributed by atoms with Gasteiger partial charge in [-0.2, -0.15) is 11.8 Å². The largest absolute Gasteiger partial charge is 0.396 e. The number of primary amides is 1. The minimum absolute atomic E-state index is 0.207. The number of carbonyl (C=O) groups excluding carboxylic acids is 1. The lowest BCUT2D eigenvalue weighted by molar-refractivity contribution is -0.125. The van der Waals surface area contributed by atoms with Crippen molar-refractivity contribution >= 4 is 17.7 Å². The molecule has 0 bridgehead atoms. The summed E-state index contributed by atoms with van der Waals surface area (Å²) in [6.45, 7) is 5.31. The summed E-state index contributed by atoms with van der Waals surface area (Å²) in [6.07, 6.45) is 5.68.